The van der Waals surface area contributed by atoms with Crippen LogP contribution in [0, 0.1) is 5.92 Å². The quantitative estimate of drug-likeness (QED) is 0.761. The lowest BCUT2D eigenvalue weighted by Gasteiger charge is -2.13. The molecule has 0 amide bonds. The molecular weight excluding hydrogens is 282 g/mol. The number of aromatic nitrogens is 2. The van der Waals surface area contributed by atoms with Crippen molar-refractivity contribution in [2.75, 3.05) is 13.7 Å². The SMILES string of the molecule is COc1ccc(CC(CN)Cc2cn3ccsc3n2)cc1. The maximum Gasteiger partial charge on any atom is 0.193 e. The molecule has 110 valence electrons. The summed E-state index contributed by atoms with van der Waals surface area (Å²) in [6.07, 6.45) is 6.02. The third kappa shape index (κ3) is 3.25. The Morgan fingerprint density at radius 2 is 2.10 bits per heavy atom. The molecule has 0 aliphatic rings. The topological polar surface area (TPSA) is 52.5 Å². The third-order valence-corrected chi connectivity index (χ3v) is 4.43. The minimum absolute atomic E-state index is 0.406. The van der Waals surface area contributed by atoms with Crippen molar-refractivity contribution < 1.29 is 4.74 Å². The van der Waals surface area contributed by atoms with Gasteiger partial charge in [0.05, 0.1) is 12.8 Å². The Balaban J connectivity index is 1.67. The maximum atomic E-state index is 5.94. The monoisotopic (exact) mass is 301 g/mol. The summed E-state index contributed by atoms with van der Waals surface area (Å²) in [5.74, 6) is 1.29. The zero-order valence-corrected chi connectivity index (χ0v) is 12.8. The molecule has 0 saturated carbocycles. The molecule has 3 rings (SSSR count). The van der Waals surface area contributed by atoms with Crippen LogP contribution in [-0.4, -0.2) is 23.0 Å². The number of nitrogens with two attached hydrogens (primary N) is 1. The van der Waals surface area contributed by atoms with Crippen molar-refractivity contribution in [3.63, 3.8) is 0 Å². The molecule has 0 aliphatic heterocycles. The fourth-order valence-corrected chi connectivity index (χ4v) is 3.22. The number of rotatable bonds is 6. The van der Waals surface area contributed by atoms with Crippen LogP contribution in [-0.2, 0) is 12.8 Å². The van der Waals surface area contributed by atoms with Crippen LogP contribution in [0.25, 0.3) is 4.96 Å². The third-order valence-electron chi connectivity index (χ3n) is 3.66. The van der Waals surface area contributed by atoms with E-state index in [2.05, 4.69) is 27.7 Å². The van der Waals surface area contributed by atoms with Gasteiger partial charge in [-0.2, -0.15) is 0 Å². The zero-order chi connectivity index (χ0) is 14.7. The number of thiazole rings is 1. The van der Waals surface area contributed by atoms with Crippen LogP contribution < -0.4 is 10.5 Å². The van der Waals surface area contributed by atoms with Gasteiger partial charge in [0, 0.05) is 17.8 Å². The molecule has 1 aromatic carbocycles. The van der Waals surface area contributed by atoms with Crippen molar-refractivity contribution >= 4 is 16.3 Å². The molecule has 0 saturated heterocycles. The van der Waals surface area contributed by atoms with Crippen molar-refractivity contribution in [1.29, 1.82) is 0 Å². The summed E-state index contributed by atoms with van der Waals surface area (Å²) in [7, 11) is 1.68. The summed E-state index contributed by atoms with van der Waals surface area (Å²) in [4.78, 5) is 5.68. The highest BCUT2D eigenvalue weighted by Gasteiger charge is 2.12. The standard InChI is InChI=1S/C16H19N3OS/c1-20-15-4-2-12(3-5-15)8-13(10-17)9-14-11-19-6-7-21-16(19)18-14/h2-7,11,13H,8-10,17H2,1H3. The first-order valence-corrected chi connectivity index (χ1v) is 7.90. The van der Waals surface area contributed by atoms with Crippen LogP contribution in [0.4, 0.5) is 0 Å². The highest BCUT2D eigenvalue weighted by molar-refractivity contribution is 7.15. The summed E-state index contributed by atoms with van der Waals surface area (Å²) in [5.41, 5.74) is 8.34. The van der Waals surface area contributed by atoms with E-state index in [1.54, 1.807) is 18.4 Å². The van der Waals surface area contributed by atoms with E-state index in [1.807, 2.05) is 23.7 Å². The lowest BCUT2D eigenvalue weighted by atomic mass is 9.95. The van der Waals surface area contributed by atoms with Gasteiger partial charge in [0.2, 0.25) is 0 Å². The summed E-state index contributed by atoms with van der Waals surface area (Å²) in [6.45, 7) is 0.664. The summed E-state index contributed by atoms with van der Waals surface area (Å²) in [6, 6.07) is 8.20. The van der Waals surface area contributed by atoms with Crippen molar-refractivity contribution in [1.82, 2.24) is 9.38 Å². The largest absolute Gasteiger partial charge is 0.497 e. The molecule has 21 heavy (non-hydrogen) atoms. The van der Waals surface area contributed by atoms with E-state index in [4.69, 9.17) is 10.5 Å². The smallest absolute Gasteiger partial charge is 0.193 e. The maximum absolute atomic E-state index is 5.94. The van der Waals surface area contributed by atoms with Gasteiger partial charge >= 0.3 is 0 Å². The molecule has 2 heterocycles. The molecule has 3 aromatic rings. The van der Waals surface area contributed by atoms with Gasteiger partial charge in [0.25, 0.3) is 0 Å². The highest BCUT2D eigenvalue weighted by Crippen LogP contribution is 2.18. The van der Waals surface area contributed by atoms with E-state index in [9.17, 15) is 0 Å². The molecule has 0 radical (unpaired) electrons. The zero-order valence-electron chi connectivity index (χ0n) is 12.0. The van der Waals surface area contributed by atoms with Crippen molar-refractivity contribution in [2.45, 2.75) is 12.8 Å². The second-order valence-electron chi connectivity index (χ2n) is 5.18. The Morgan fingerprint density at radius 1 is 1.29 bits per heavy atom. The number of imidazole rings is 1. The molecule has 5 heteroatoms. The Morgan fingerprint density at radius 3 is 2.76 bits per heavy atom. The molecule has 2 aromatic heterocycles. The van der Waals surface area contributed by atoms with Crippen LogP contribution >= 0.6 is 11.3 Å². The molecular formula is C16H19N3OS. The van der Waals surface area contributed by atoms with Crippen molar-refractivity contribution in [3.8, 4) is 5.75 Å². The number of nitrogens with zero attached hydrogens (tertiary/aromatic N) is 2. The number of hydrogen-bond donors (Lipinski definition) is 1. The number of methoxy groups -OCH3 is 1. The minimum Gasteiger partial charge on any atom is -0.497 e. The fourth-order valence-electron chi connectivity index (χ4n) is 2.50. The predicted molar refractivity (Wildman–Crippen MR) is 86.0 cm³/mol. The Labute approximate surface area is 128 Å². The molecule has 2 N–H and O–H groups in total. The van der Waals surface area contributed by atoms with Crippen LogP contribution in [0.15, 0.2) is 42.0 Å². The molecule has 0 aliphatic carbocycles. The summed E-state index contributed by atoms with van der Waals surface area (Å²) in [5, 5.41) is 2.05. The molecule has 1 unspecified atom stereocenters. The van der Waals surface area contributed by atoms with Gasteiger partial charge in [0.15, 0.2) is 4.96 Å². The van der Waals surface area contributed by atoms with E-state index in [0.717, 1.165) is 29.2 Å². The van der Waals surface area contributed by atoms with Gasteiger partial charge in [-0.05, 0) is 43.0 Å². The van der Waals surface area contributed by atoms with E-state index in [1.165, 1.54) is 5.56 Å². The van der Waals surface area contributed by atoms with E-state index >= 15 is 0 Å². The fraction of sp³-hybridized carbons (Fsp3) is 0.312. The van der Waals surface area contributed by atoms with Crippen molar-refractivity contribution in [3.05, 3.63) is 53.3 Å². The summed E-state index contributed by atoms with van der Waals surface area (Å²) < 4.78 is 7.26. The molecule has 4 nitrogen and oxygen atoms in total. The van der Waals surface area contributed by atoms with Gasteiger partial charge in [-0.15, -0.1) is 11.3 Å². The van der Waals surface area contributed by atoms with Crippen LogP contribution in [0.2, 0.25) is 0 Å². The van der Waals surface area contributed by atoms with E-state index < -0.39 is 0 Å². The average Bonchev–Trinajstić information content (AvgIpc) is 3.08. The molecule has 0 spiro atoms. The Bertz CT molecular complexity index is 673. The summed E-state index contributed by atoms with van der Waals surface area (Å²) >= 11 is 1.66. The first-order chi connectivity index (χ1) is 10.3. The van der Waals surface area contributed by atoms with E-state index in [0.29, 0.717) is 12.5 Å². The van der Waals surface area contributed by atoms with E-state index in [-0.39, 0.29) is 0 Å². The molecule has 0 fully saturated rings. The first kappa shape index (κ1) is 14.1. The van der Waals surface area contributed by atoms with Gasteiger partial charge in [-0.3, -0.25) is 4.40 Å². The average molecular weight is 301 g/mol. The molecule has 1 atom stereocenters. The predicted octanol–water partition coefficient (Wildman–Crippen LogP) is 2.76. The van der Waals surface area contributed by atoms with Gasteiger partial charge in [-0.1, -0.05) is 12.1 Å². The second-order valence-corrected chi connectivity index (χ2v) is 6.06. The second kappa shape index (κ2) is 6.28. The van der Waals surface area contributed by atoms with Gasteiger partial charge < -0.3 is 10.5 Å². The normalized spacial score (nSPS) is 12.7. The van der Waals surface area contributed by atoms with Crippen LogP contribution in [0.1, 0.15) is 11.3 Å². The van der Waals surface area contributed by atoms with Gasteiger partial charge in [0.1, 0.15) is 5.75 Å². The Kier molecular flexibility index (Phi) is 4.22. The lowest BCUT2D eigenvalue weighted by Crippen LogP contribution is -2.19. The number of ether oxygens (including phenoxy) is 1. The number of fused-ring (bicyclic) bond motifs is 1. The number of hydrogen-bond acceptors (Lipinski definition) is 4. The van der Waals surface area contributed by atoms with Crippen LogP contribution in [0.3, 0.4) is 0 Å². The number of benzene rings is 1. The van der Waals surface area contributed by atoms with Gasteiger partial charge in [-0.25, -0.2) is 4.98 Å². The van der Waals surface area contributed by atoms with Crippen LogP contribution in [0.5, 0.6) is 5.75 Å². The molecule has 0 bridgehead atoms. The van der Waals surface area contributed by atoms with Crippen molar-refractivity contribution in [2.24, 2.45) is 11.7 Å². The Hall–Kier alpha value is -1.85. The minimum atomic E-state index is 0.406. The first-order valence-electron chi connectivity index (χ1n) is 7.02. The highest BCUT2D eigenvalue weighted by atomic mass is 32.1. The lowest BCUT2D eigenvalue weighted by molar-refractivity contribution is 0.414.